The number of benzene rings is 1. The summed E-state index contributed by atoms with van der Waals surface area (Å²) in [6, 6.07) is 6.38. The molecule has 4 unspecified atom stereocenters. The quantitative estimate of drug-likeness (QED) is 0.330. The number of nitrogens with zero attached hydrogens (tertiary/aromatic N) is 6. The number of halogens is 2. The van der Waals surface area contributed by atoms with E-state index in [1.54, 1.807) is 6.07 Å². The minimum Gasteiger partial charge on any atom is -0.467 e. The lowest BCUT2D eigenvalue weighted by atomic mass is 10.1. The van der Waals surface area contributed by atoms with Crippen molar-refractivity contribution < 1.29 is 13.5 Å². The van der Waals surface area contributed by atoms with Crippen LogP contribution in [0.3, 0.4) is 0 Å². The molecule has 238 valence electrons. The van der Waals surface area contributed by atoms with Gasteiger partial charge in [-0.25, -0.2) is 13.8 Å². The van der Waals surface area contributed by atoms with Crippen LogP contribution in [0.1, 0.15) is 44.9 Å². The number of ether oxygens (including phenoxy) is 1. The van der Waals surface area contributed by atoms with Crippen molar-refractivity contribution in [2.75, 3.05) is 43.9 Å². The molecule has 5 aliphatic rings. The van der Waals surface area contributed by atoms with Crippen molar-refractivity contribution in [2.24, 2.45) is 5.92 Å². The summed E-state index contributed by atoms with van der Waals surface area (Å²) in [5, 5.41) is 4.29. The standard InChI is InChI=1S/C25H26FN7O2S.C7H12FN/c1-35-25-29-17-8-18(15-6-7-16(26)21-20(15)30-24(27)36-21)32(11-12-2-3-12)23(34)19(17)22(31-25)33-13-4-5-14(33)10-28-9-13;8-6-4-7-2-1-3-9(7)5-6/h6-8,12-14,28H,2-5,9-11H2,1H3,(H2,27,30);6-7H,1-5H2. The van der Waals surface area contributed by atoms with Gasteiger partial charge in [-0.05, 0) is 75.6 Å². The highest BCUT2D eigenvalue weighted by molar-refractivity contribution is 7.22. The van der Waals surface area contributed by atoms with Crippen LogP contribution in [0.2, 0.25) is 0 Å². The Bertz CT molecular complexity index is 1800. The first-order valence-corrected chi connectivity index (χ1v) is 16.9. The smallest absolute Gasteiger partial charge is 0.318 e. The van der Waals surface area contributed by atoms with Gasteiger partial charge >= 0.3 is 6.01 Å². The van der Waals surface area contributed by atoms with E-state index in [1.807, 2.05) is 10.6 Å². The van der Waals surface area contributed by atoms with Crippen molar-refractivity contribution in [3.05, 3.63) is 34.4 Å². The number of anilines is 2. The van der Waals surface area contributed by atoms with Crippen LogP contribution >= 0.6 is 11.3 Å². The van der Waals surface area contributed by atoms with E-state index in [-0.39, 0.29) is 34.6 Å². The van der Waals surface area contributed by atoms with Crippen LogP contribution in [-0.4, -0.2) is 82.0 Å². The summed E-state index contributed by atoms with van der Waals surface area (Å²) in [5.74, 6) is 0.711. The van der Waals surface area contributed by atoms with Crippen LogP contribution < -0.4 is 26.2 Å². The Hall–Kier alpha value is -3.42. The van der Waals surface area contributed by atoms with E-state index in [4.69, 9.17) is 15.5 Å². The molecule has 3 aromatic heterocycles. The number of nitrogen functional groups attached to an aromatic ring is 1. The number of piperazine rings is 1. The molecule has 4 atom stereocenters. The van der Waals surface area contributed by atoms with E-state index in [9.17, 15) is 13.6 Å². The fourth-order valence-corrected chi connectivity index (χ4v) is 8.56. The Balaban J connectivity index is 0.000000286. The van der Waals surface area contributed by atoms with Crippen LogP contribution in [0.25, 0.3) is 32.4 Å². The van der Waals surface area contributed by atoms with Gasteiger partial charge < -0.3 is 25.3 Å². The maximum Gasteiger partial charge on any atom is 0.318 e. The third-order valence-electron chi connectivity index (χ3n) is 10.1. The fraction of sp³-hybridized carbons (Fsp3) is 0.562. The lowest BCUT2D eigenvalue weighted by molar-refractivity contribution is 0.292. The minimum absolute atomic E-state index is 0.134. The second kappa shape index (κ2) is 11.4. The van der Waals surface area contributed by atoms with Crippen LogP contribution in [0.15, 0.2) is 23.0 Å². The maximum atomic E-state index is 14.6. The van der Waals surface area contributed by atoms with Gasteiger partial charge in [0.15, 0.2) is 5.13 Å². The maximum absolute atomic E-state index is 14.6. The van der Waals surface area contributed by atoms with Gasteiger partial charge in [0.25, 0.3) is 5.56 Å². The van der Waals surface area contributed by atoms with Gasteiger partial charge in [0, 0.05) is 49.9 Å². The van der Waals surface area contributed by atoms with Crippen LogP contribution in [0.4, 0.5) is 19.7 Å². The number of nitrogens with one attached hydrogen (secondary N) is 1. The molecular formula is C32H38F2N8O2S. The molecule has 9 rings (SSSR count). The third-order valence-corrected chi connectivity index (χ3v) is 11.0. The molecule has 0 spiro atoms. The molecule has 4 saturated heterocycles. The van der Waals surface area contributed by atoms with Crippen molar-refractivity contribution in [3.8, 4) is 17.3 Å². The van der Waals surface area contributed by atoms with Gasteiger partial charge in [-0.15, -0.1) is 0 Å². The largest absolute Gasteiger partial charge is 0.467 e. The van der Waals surface area contributed by atoms with Crippen molar-refractivity contribution in [1.29, 1.82) is 0 Å². The van der Waals surface area contributed by atoms with Gasteiger partial charge in [-0.3, -0.25) is 9.69 Å². The highest BCUT2D eigenvalue weighted by atomic mass is 32.1. The number of rotatable bonds is 5. The van der Waals surface area contributed by atoms with E-state index in [1.165, 1.54) is 26.0 Å². The highest BCUT2D eigenvalue weighted by Gasteiger charge is 2.39. The van der Waals surface area contributed by atoms with Gasteiger partial charge in [0.05, 0.1) is 28.5 Å². The second-order valence-corrected chi connectivity index (χ2v) is 14.1. The first kappa shape index (κ1) is 29.0. The topological polar surface area (TPSA) is 114 Å². The number of thiazole rings is 1. The predicted octanol–water partition coefficient (Wildman–Crippen LogP) is 4.34. The van der Waals surface area contributed by atoms with E-state index in [0.717, 1.165) is 63.1 Å². The monoisotopic (exact) mass is 636 g/mol. The molecule has 3 N–H and O–H groups in total. The predicted molar refractivity (Wildman–Crippen MR) is 172 cm³/mol. The van der Waals surface area contributed by atoms with Gasteiger partial charge in [0.2, 0.25) is 0 Å². The number of pyridine rings is 1. The van der Waals surface area contributed by atoms with E-state index < -0.39 is 6.17 Å². The Labute approximate surface area is 263 Å². The average Bonchev–Trinajstić information content (AvgIpc) is 3.27. The summed E-state index contributed by atoms with van der Waals surface area (Å²) in [6.07, 6.45) is 7.09. The molecule has 5 fully saturated rings. The molecule has 4 aliphatic heterocycles. The zero-order valence-corrected chi connectivity index (χ0v) is 26.2. The second-order valence-electron chi connectivity index (χ2n) is 13.1. The van der Waals surface area contributed by atoms with Crippen LogP contribution in [-0.2, 0) is 6.54 Å². The highest BCUT2D eigenvalue weighted by Crippen LogP contribution is 2.40. The molecule has 0 amide bonds. The molecule has 13 heteroatoms. The summed E-state index contributed by atoms with van der Waals surface area (Å²) in [4.78, 5) is 32.6. The first-order chi connectivity index (χ1) is 21.9. The number of nitrogens with two attached hydrogens (primary N) is 1. The van der Waals surface area contributed by atoms with Crippen LogP contribution in [0, 0.1) is 11.7 Å². The molecular weight excluding hydrogens is 598 g/mol. The lowest BCUT2D eigenvalue weighted by Crippen LogP contribution is -2.52. The number of methoxy groups -OCH3 is 1. The molecule has 1 saturated carbocycles. The summed E-state index contributed by atoms with van der Waals surface area (Å²) < 4.78 is 34.9. The van der Waals surface area contributed by atoms with Gasteiger partial charge in [0.1, 0.15) is 23.2 Å². The lowest BCUT2D eigenvalue weighted by Gasteiger charge is -2.36. The van der Waals surface area contributed by atoms with Crippen molar-refractivity contribution in [1.82, 2.24) is 29.7 Å². The first-order valence-electron chi connectivity index (χ1n) is 16.1. The average molecular weight is 637 g/mol. The Morgan fingerprint density at radius 2 is 1.89 bits per heavy atom. The van der Waals surface area contributed by atoms with E-state index in [2.05, 4.69) is 25.1 Å². The molecule has 1 aliphatic carbocycles. The summed E-state index contributed by atoms with van der Waals surface area (Å²) in [5.41, 5.74) is 8.12. The number of aromatic nitrogens is 4. The molecule has 45 heavy (non-hydrogen) atoms. The van der Waals surface area contributed by atoms with Crippen molar-refractivity contribution >= 4 is 43.4 Å². The summed E-state index contributed by atoms with van der Waals surface area (Å²) >= 11 is 1.11. The van der Waals surface area contributed by atoms with E-state index in [0.29, 0.717) is 63.2 Å². The van der Waals surface area contributed by atoms with Crippen molar-refractivity contribution in [2.45, 2.75) is 75.8 Å². The Kier molecular flexibility index (Phi) is 7.37. The summed E-state index contributed by atoms with van der Waals surface area (Å²) in [6.45, 7) is 4.16. The Morgan fingerprint density at radius 1 is 1.09 bits per heavy atom. The number of fused-ring (bicyclic) bond motifs is 5. The fourth-order valence-electron chi connectivity index (χ4n) is 7.80. The molecule has 2 bridgehead atoms. The van der Waals surface area contributed by atoms with Crippen molar-refractivity contribution in [3.63, 3.8) is 0 Å². The SMILES string of the molecule is COc1nc(N2C3CCC2CNC3)c2c(=O)n(CC3CC3)c(-c3ccc(F)c4sc(N)nc34)cc2n1.FC1CC2CCCN2C1. The molecule has 1 aromatic carbocycles. The molecule has 7 heterocycles. The summed E-state index contributed by atoms with van der Waals surface area (Å²) in [7, 11) is 1.54. The number of alkyl halides is 1. The number of hydrogen-bond donors (Lipinski definition) is 2. The zero-order chi connectivity index (χ0) is 30.8. The normalized spacial score (nSPS) is 26.0. The molecule has 4 aromatic rings. The van der Waals surface area contributed by atoms with E-state index >= 15 is 0 Å². The zero-order valence-electron chi connectivity index (χ0n) is 25.3. The molecule has 0 radical (unpaired) electrons. The Morgan fingerprint density at radius 3 is 2.62 bits per heavy atom. The third kappa shape index (κ3) is 5.22. The van der Waals surface area contributed by atoms with Crippen LogP contribution in [0.5, 0.6) is 6.01 Å². The number of hydrogen-bond acceptors (Lipinski definition) is 10. The minimum atomic E-state index is -0.518. The molecule has 10 nitrogen and oxygen atoms in total. The van der Waals surface area contributed by atoms with Gasteiger partial charge in [-0.2, -0.15) is 9.97 Å². The van der Waals surface area contributed by atoms with Gasteiger partial charge in [-0.1, -0.05) is 11.3 Å².